The molecule has 0 aliphatic heterocycles. The van der Waals surface area contributed by atoms with E-state index in [4.69, 9.17) is 33.8 Å². The molecule has 0 aliphatic rings. The lowest BCUT2D eigenvalue weighted by Gasteiger charge is -2.31. The Hall–Kier alpha value is -0.840. The van der Waals surface area contributed by atoms with Crippen molar-refractivity contribution in [3.05, 3.63) is 0 Å². The Morgan fingerprint density at radius 3 is 1.44 bits per heavy atom. The van der Waals surface area contributed by atoms with E-state index in [1.54, 1.807) is 0 Å². The van der Waals surface area contributed by atoms with Gasteiger partial charge in [0.05, 0.1) is 12.1 Å². The van der Waals surface area contributed by atoms with Crippen LogP contribution in [0.1, 0.15) is 38.5 Å². The fraction of sp³-hybridized carbons (Fsp3) is 0.778. The molecule has 0 saturated carbocycles. The van der Waals surface area contributed by atoms with Gasteiger partial charge in [0.1, 0.15) is 12.1 Å². The molecule has 0 bridgehead atoms. The molecule has 16 heteroatoms. The number of unbranched alkanes of at least 4 members (excludes halogenated alkanes) is 2. The van der Waals surface area contributed by atoms with Gasteiger partial charge in [-0.1, -0.05) is 34.4 Å². The van der Waals surface area contributed by atoms with Crippen molar-refractivity contribution < 1.29 is 29.4 Å². The molecule has 2 amide bonds. The van der Waals surface area contributed by atoms with Gasteiger partial charge in [-0.2, -0.15) is 0 Å². The van der Waals surface area contributed by atoms with Crippen molar-refractivity contribution >= 4 is 70.2 Å². The minimum Gasteiger partial charge on any atom is -0.480 e. The third-order valence-electron chi connectivity index (χ3n) is 4.52. The average molecular weight is 570 g/mol. The zero-order valence-electron chi connectivity index (χ0n) is 18.9. The number of carbonyl (C=O) groups excluding carboxylic acids is 2. The number of carbonyl (C=O) groups is 4. The Balaban J connectivity index is -0.00000480. The number of nitrogens with zero attached hydrogens (tertiary/aromatic N) is 1. The van der Waals surface area contributed by atoms with Crippen LogP contribution in [0.5, 0.6) is 0 Å². The van der Waals surface area contributed by atoms with E-state index in [1.807, 2.05) is 0 Å². The molecule has 0 radical (unpaired) electrons. The molecule has 0 fully saturated rings. The minimum absolute atomic E-state index is 0. The average Bonchev–Trinajstić information content (AvgIpc) is 2.74. The zero-order valence-corrected chi connectivity index (χ0v) is 22.1. The molecule has 202 valence electrons. The van der Waals surface area contributed by atoms with Gasteiger partial charge in [-0.25, -0.2) is 4.79 Å². The van der Waals surface area contributed by atoms with Gasteiger partial charge in [-0.05, 0) is 38.8 Å². The smallest absolute Gasteiger partial charge is 0.327 e. The molecule has 0 saturated heterocycles. The van der Waals surface area contributed by atoms with Gasteiger partial charge in [-0.3, -0.25) is 19.3 Å². The highest BCUT2D eigenvalue weighted by Gasteiger charge is 2.39. The normalized spacial score (nSPS) is 14.0. The highest BCUT2D eigenvalue weighted by Crippen LogP contribution is 2.25. The van der Waals surface area contributed by atoms with E-state index >= 15 is 0 Å². The van der Waals surface area contributed by atoms with Gasteiger partial charge in [0.25, 0.3) is 0 Å². The van der Waals surface area contributed by atoms with E-state index in [0.717, 1.165) is 21.6 Å². The number of nitrogens with two attached hydrogens (primary N) is 5. The maximum Gasteiger partial charge on any atom is 0.327 e. The fourth-order valence-electron chi connectivity index (χ4n) is 2.60. The van der Waals surface area contributed by atoms with Gasteiger partial charge in [-0.15, -0.1) is 24.8 Å². The van der Waals surface area contributed by atoms with Crippen LogP contribution in [-0.4, -0.2) is 87.6 Å². The number of carboxylic acids is 2. The third-order valence-corrected chi connectivity index (χ3v) is 6.95. The van der Waals surface area contributed by atoms with Crippen LogP contribution in [0.2, 0.25) is 0 Å². The summed E-state index contributed by atoms with van der Waals surface area (Å²) in [6, 6.07) is -4.81. The number of hydrogen-bond donors (Lipinski definition) is 7. The van der Waals surface area contributed by atoms with Crippen LogP contribution < -0.4 is 28.7 Å². The number of rotatable bonds is 18. The van der Waals surface area contributed by atoms with Gasteiger partial charge in [0.2, 0.25) is 11.8 Å². The highest BCUT2D eigenvalue weighted by molar-refractivity contribution is 8.76. The molecule has 12 N–H and O–H groups in total. The second-order valence-electron chi connectivity index (χ2n) is 7.20. The largest absolute Gasteiger partial charge is 0.480 e. The van der Waals surface area contributed by atoms with Crippen molar-refractivity contribution in [2.24, 2.45) is 28.7 Å². The number of amides is 2. The van der Waals surface area contributed by atoms with E-state index in [-0.39, 0.29) is 49.2 Å². The van der Waals surface area contributed by atoms with Crippen LogP contribution >= 0.6 is 46.4 Å². The first-order valence-electron chi connectivity index (χ1n) is 10.3. The monoisotopic (exact) mass is 568 g/mol. The molecule has 0 aromatic rings. The Kier molecular flexibility index (Phi) is 23.8. The number of halogens is 2. The predicted octanol–water partition coefficient (Wildman–Crippen LogP) is -0.656. The van der Waals surface area contributed by atoms with Crippen LogP contribution in [0.15, 0.2) is 0 Å². The van der Waals surface area contributed by atoms with Crippen LogP contribution in [0.3, 0.4) is 0 Å². The summed E-state index contributed by atoms with van der Waals surface area (Å²) in [5.41, 5.74) is 28.2. The van der Waals surface area contributed by atoms with Crippen LogP contribution in [0.25, 0.3) is 0 Å². The molecule has 0 aromatic heterocycles. The van der Waals surface area contributed by atoms with Crippen LogP contribution in [0.4, 0.5) is 0 Å². The predicted molar refractivity (Wildman–Crippen MR) is 140 cm³/mol. The molecule has 0 aliphatic carbocycles. The van der Waals surface area contributed by atoms with Crippen molar-refractivity contribution in [2.75, 3.05) is 24.6 Å². The molecule has 4 atom stereocenters. The number of carboxylic acid groups (broad SMARTS) is 2. The van der Waals surface area contributed by atoms with E-state index in [1.165, 1.54) is 0 Å². The van der Waals surface area contributed by atoms with E-state index in [2.05, 4.69) is 0 Å². The minimum atomic E-state index is -1.52. The van der Waals surface area contributed by atoms with Crippen molar-refractivity contribution in [3.63, 3.8) is 0 Å². The van der Waals surface area contributed by atoms with Gasteiger partial charge < -0.3 is 38.9 Å². The summed E-state index contributed by atoms with van der Waals surface area (Å²) in [7, 11) is 2.03. The van der Waals surface area contributed by atoms with Crippen molar-refractivity contribution in [2.45, 2.75) is 62.7 Å². The summed E-state index contributed by atoms with van der Waals surface area (Å²) in [6.07, 6.45) is 2.83. The van der Waals surface area contributed by atoms with E-state index in [0.29, 0.717) is 43.7 Å². The van der Waals surface area contributed by atoms with Crippen molar-refractivity contribution in [3.8, 4) is 0 Å². The third kappa shape index (κ3) is 14.5. The van der Waals surface area contributed by atoms with Crippen molar-refractivity contribution in [1.29, 1.82) is 0 Å². The SMILES string of the molecule is Cl.Cl.NCCCC[C@H](N)C(=O)N(C(=O)[C@@H](N)CCCCN)[C@@H](CSSC[C@H](N)C(=O)O)C(=O)O. The van der Waals surface area contributed by atoms with Crippen molar-refractivity contribution in [1.82, 2.24) is 4.90 Å². The highest BCUT2D eigenvalue weighted by atomic mass is 35.5. The summed E-state index contributed by atoms with van der Waals surface area (Å²) in [5, 5.41) is 18.6. The first kappa shape index (κ1) is 37.7. The lowest BCUT2D eigenvalue weighted by atomic mass is 10.0. The second-order valence-corrected chi connectivity index (χ2v) is 9.75. The first-order chi connectivity index (χ1) is 15.1. The summed E-state index contributed by atoms with van der Waals surface area (Å²) in [6.45, 7) is 0.833. The number of aliphatic carboxylic acids is 2. The molecule has 0 heterocycles. The molecule has 0 unspecified atom stereocenters. The van der Waals surface area contributed by atoms with Crippen LogP contribution in [0, 0.1) is 0 Å². The summed E-state index contributed by atoms with van der Waals surface area (Å²) in [5.74, 6) is -4.39. The summed E-state index contributed by atoms with van der Waals surface area (Å²) in [4.78, 5) is 49.4. The standard InChI is InChI=1S/C18H36N6O6S2.2ClH/c19-7-3-1-5-11(21)15(25)24(16(26)12(22)6-2-4-8-20)14(18(29)30)10-32-31-9-13(23)17(27)28;;/h11-14H,1-10,19-23H2,(H,27,28)(H,29,30);2*1H/t11-,12-,13-,14-;;/m0../s1. The maximum absolute atomic E-state index is 13.0. The topological polar surface area (TPSA) is 242 Å². The Bertz CT molecular complexity index is 597. The van der Waals surface area contributed by atoms with Gasteiger partial charge in [0.15, 0.2) is 0 Å². The number of imide groups is 1. The van der Waals surface area contributed by atoms with E-state index < -0.39 is 47.9 Å². The van der Waals surface area contributed by atoms with Gasteiger partial charge >= 0.3 is 11.9 Å². The van der Waals surface area contributed by atoms with Crippen LogP contribution in [-0.2, 0) is 19.2 Å². The molecule has 0 aromatic carbocycles. The van der Waals surface area contributed by atoms with Gasteiger partial charge in [0, 0.05) is 11.5 Å². The zero-order chi connectivity index (χ0) is 24.7. The quantitative estimate of drug-likeness (QED) is 0.0802. The second kappa shape index (κ2) is 21.4. The summed E-state index contributed by atoms with van der Waals surface area (Å²) < 4.78 is 0. The number of hydrogen-bond acceptors (Lipinski definition) is 11. The molecule has 12 nitrogen and oxygen atoms in total. The van der Waals surface area contributed by atoms with E-state index in [9.17, 15) is 24.3 Å². The lowest BCUT2D eigenvalue weighted by Crippen LogP contribution is -2.59. The Morgan fingerprint density at radius 1 is 0.676 bits per heavy atom. The molecule has 0 rings (SSSR count). The first-order valence-corrected chi connectivity index (χ1v) is 12.8. The molecule has 34 heavy (non-hydrogen) atoms. The maximum atomic E-state index is 13.0. The molecular weight excluding hydrogens is 531 g/mol. The molecule has 0 spiro atoms. The lowest BCUT2D eigenvalue weighted by molar-refractivity contribution is -0.158. The Labute approximate surface area is 220 Å². The Morgan fingerprint density at radius 2 is 1.09 bits per heavy atom. The summed E-state index contributed by atoms with van der Waals surface area (Å²) >= 11 is 0. The fourth-order valence-corrected chi connectivity index (χ4v) is 4.90. The molecular formula is C18H38Cl2N6O6S2.